The average Bonchev–Trinajstić information content (AvgIpc) is 1.95. The van der Waals surface area contributed by atoms with E-state index in [1.807, 2.05) is 11.9 Å². The molecule has 1 heterocycles. The van der Waals surface area contributed by atoms with Gasteiger partial charge in [0.25, 0.3) is 10.0 Å². The lowest BCUT2D eigenvalue weighted by atomic mass is 10.3. The second-order valence-corrected chi connectivity index (χ2v) is 4.81. The van der Waals surface area contributed by atoms with E-state index in [4.69, 9.17) is 0 Å². The van der Waals surface area contributed by atoms with Crippen LogP contribution in [0.15, 0.2) is 4.40 Å². The molecule has 0 saturated carbocycles. The highest BCUT2D eigenvalue weighted by Gasteiger charge is 2.13. The maximum absolute atomic E-state index is 11.2. The molecule has 1 aliphatic rings. The zero-order valence-corrected chi connectivity index (χ0v) is 8.26. The van der Waals surface area contributed by atoms with Crippen LogP contribution in [-0.4, -0.2) is 38.5 Å². The van der Waals surface area contributed by atoms with Crippen molar-refractivity contribution in [2.45, 2.75) is 19.8 Å². The van der Waals surface area contributed by atoms with E-state index in [9.17, 15) is 8.42 Å². The number of rotatable bonds is 0. The second-order valence-electron chi connectivity index (χ2n) is 3.05. The first kappa shape index (κ1) is 9.51. The Morgan fingerprint density at radius 2 is 2.08 bits per heavy atom. The van der Waals surface area contributed by atoms with Crippen molar-refractivity contribution in [1.29, 1.82) is 0 Å². The maximum Gasteiger partial charge on any atom is 0.254 e. The summed E-state index contributed by atoms with van der Waals surface area (Å²) in [5.74, 6) is 0.785. The van der Waals surface area contributed by atoms with E-state index in [1.54, 1.807) is 6.92 Å². The van der Waals surface area contributed by atoms with Gasteiger partial charge in [0, 0.05) is 13.6 Å². The van der Waals surface area contributed by atoms with Gasteiger partial charge in [0.05, 0.1) is 5.75 Å². The normalized spacial score (nSPS) is 24.2. The van der Waals surface area contributed by atoms with Crippen molar-refractivity contribution in [3.63, 3.8) is 0 Å². The minimum atomic E-state index is -3.18. The lowest BCUT2D eigenvalue weighted by Crippen LogP contribution is -2.28. The van der Waals surface area contributed by atoms with Gasteiger partial charge in [-0.15, -0.1) is 0 Å². The van der Waals surface area contributed by atoms with Crippen LogP contribution in [-0.2, 0) is 10.0 Å². The van der Waals surface area contributed by atoms with Gasteiger partial charge in [-0.2, -0.15) is 4.40 Å². The Labute approximate surface area is 73.3 Å². The highest BCUT2D eigenvalue weighted by molar-refractivity contribution is 7.90. The van der Waals surface area contributed by atoms with E-state index < -0.39 is 10.0 Å². The van der Waals surface area contributed by atoms with Gasteiger partial charge in [0.15, 0.2) is 0 Å². The first-order chi connectivity index (χ1) is 5.51. The van der Waals surface area contributed by atoms with Crippen LogP contribution in [0.4, 0.5) is 0 Å². The molecule has 0 aromatic heterocycles. The molecule has 0 amide bonds. The van der Waals surface area contributed by atoms with Crippen molar-refractivity contribution in [1.82, 2.24) is 4.90 Å². The Kier molecular flexibility index (Phi) is 2.72. The van der Waals surface area contributed by atoms with Gasteiger partial charge in [-0.25, -0.2) is 8.42 Å². The van der Waals surface area contributed by atoms with Crippen LogP contribution in [0.5, 0.6) is 0 Å². The van der Waals surface area contributed by atoms with Gasteiger partial charge in [-0.3, -0.25) is 0 Å². The summed E-state index contributed by atoms with van der Waals surface area (Å²) in [6.07, 6.45) is 1.63. The van der Waals surface area contributed by atoms with Gasteiger partial charge >= 0.3 is 0 Å². The molecule has 0 aromatic rings. The summed E-state index contributed by atoms with van der Waals surface area (Å²) >= 11 is 0. The quantitative estimate of drug-likeness (QED) is 0.557. The maximum atomic E-state index is 11.2. The van der Waals surface area contributed by atoms with Crippen LogP contribution in [0.1, 0.15) is 19.8 Å². The molecule has 0 fully saturated rings. The van der Waals surface area contributed by atoms with Crippen LogP contribution in [0.25, 0.3) is 0 Å². The van der Waals surface area contributed by atoms with Gasteiger partial charge in [-0.05, 0) is 19.8 Å². The van der Waals surface area contributed by atoms with Crippen molar-refractivity contribution < 1.29 is 8.42 Å². The fourth-order valence-corrected chi connectivity index (χ4v) is 2.31. The lowest BCUT2D eigenvalue weighted by molar-refractivity contribution is 0.476. The standard InChI is InChI=1S/C7H14N2O2S/c1-7-8-12(10,11)6-4-3-5-9(7)2/h3-6H2,1-2H3. The molecule has 0 aromatic carbocycles. The van der Waals surface area contributed by atoms with Crippen LogP contribution >= 0.6 is 0 Å². The first-order valence-electron chi connectivity index (χ1n) is 4.02. The topological polar surface area (TPSA) is 49.7 Å². The van der Waals surface area contributed by atoms with Crippen molar-refractivity contribution in [3.05, 3.63) is 0 Å². The highest BCUT2D eigenvalue weighted by Crippen LogP contribution is 2.06. The van der Waals surface area contributed by atoms with Gasteiger partial charge < -0.3 is 4.90 Å². The Morgan fingerprint density at radius 3 is 2.75 bits per heavy atom. The zero-order chi connectivity index (χ0) is 9.19. The summed E-state index contributed by atoms with van der Waals surface area (Å²) in [5, 5.41) is 0. The molecule has 0 aliphatic carbocycles. The molecule has 0 radical (unpaired) electrons. The van der Waals surface area contributed by atoms with Crippen molar-refractivity contribution in [3.8, 4) is 0 Å². The minimum absolute atomic E-state index is 0.193. The Morgan fingerprint density at radius 1 is 1.42 bits per heavy atom. The largest absolute Gasteiger partial charge is 0.363 e. The number of hydrogen-bond acceptors (Lipinski definition) is 3. The summed E-state index contributed by atoms with van der Waals surface area (Å²) in [6.45, 7) is 2.62. The predicted octanol–water partition coefficient (Wildman–Crippen LogP) is 0.460. The minimum Gasteiger partial charge on any atom is -0.363 e. The third-order valence-corrected chi connectivity index (χ3v) is 3.32. The monoisotopic (exact) mass is 190 g/mol. The van der Waals surface area contributed by atoms with Crippen LogP contribution < -0.4 is 0 Å². The molecule has 0 spiro atoms. The molecule has 0 N–H and O–H groups in total. The second kappa shape index (κ2) is 3.43. The molecule has 1 aliphatic heterocycles. The molecule has 12 heavy (non-hydrogen) atoms. The SMILES string of the molecule is CC1=NS(=O)(=O)CCCCN1C. The number of hydrogen-bond donors (Lipinski definition) is 0. The molecule has 0 saturated heterocycles. The van der Waals surface area contributed by atoms with E-state index in [-0.39, 0.29) is 5.75 Å². The fourth-order valence-electron chi connectivity index (χ4n) is 1.11. The molecular weight excluding hydrogens is 176 g/mol. The lowest BCUT2D eigenvalue weighted by Gasteiger charge is -2.20. The summed E-state index contributed by atoms with van der Waals surface area (Å²) < 4.78 is 26.0. The van der Waals surface area contributed by atoms with Crippen molar-refractivity contribution in [2.75, 3.05) is 19.3 Å². The highest BCUT2D eigenvalue weighted by atomic mass is 32.2. The van der Waals surface area contributed by atoms with E-state index in [0.29, 0.717) is 12.3 Å². The van der Waals surface area contributed by atoms with E-state index in [1.165, 1.54) is 0 Å². The van der Waals surface area contributed by atoms with Crippen molar-refractivity contribution >= 4 is 15.9 Å². The summed E-state index contributed by atoms with van der Waals surface area (Å²) in [5.41, 5.74) is 0. The molecule has 1 rings (SSSR count). The average molecular weight is 190 g/mol. The van der Waals surface area contributed by atoms with Crippen LogP contribution in [0, 0.1) is 0 Å². The number of amidine groups is 1. The fraction of sp³-hybridized carbons (Fsp3) is 0.857. The molecule has 70 valence electrons. The number of sulfonamides is 1. The molecule has 0 atom stereocenters. The van der Waals surface area contributed by atoms with Gasteiger partial charge in [0.2, 0.25) is 0 Å². The summed E-state index contributed by atoms with van der Waals surface area (Å²) in [7, 11) is -1.32. The van der Waals surface area contributed by atoms with Crippen LogP contribution in [0.3, 0.4) is 0 Å². The smallest absolute Gasteiger partial charge is 0.254 e. The van der Waals surface area contributed by atoms with E-state index in [2.05, 4.69) is 4.40 Å². The van der Waals surface area contributed by atoms with Gasteiger partial charge in [-0.1, -0.05) is 0 Å². The molecule has 5 heteroatoms. The van der Waals surface area contributed by atoms with Crippen molar-refractivity contribution in [2.24, 2.45) is 4.40 Å². The third kappa shape index (κ3) is 2.48. The Bertz CT molecular complexity index is 282. The van der Waals surface area contributed by atoms with E-state index in [0.717, 1.165) is 13.0 Å². The molecule has 0 bridgehead atoms. The molecule has 4 nitrogen and oxygen atoms in total. The first-order valence-corrected chi connectivity index (χ1v) is 5.62. The molecular formula is C7H14N2O2S. The Balaban J connectivity index is 2.91. The predicted molar refractivity (Wildman–Crippen MR) is 48.8 cm³/mol. The third-order valence-electron chi connectivity index (χ3n) is 1.97. The summed E-state index contributed by atoms with van der Waals surface area (Å²) in [4.78, 5) is 1.87. The molecule has 0 unspecified atom stereocenters. The van der Waals surface area contributed by atoms with Crippen LogP contribution in [0.2, 0.25) is 0 Å². The summed E-state index contributed by atoms with van der Waals surface area (Å²) in [6, 6.07) is 0. The zero-order valence-electron chi connectivity index (χ0n) is 7.45. The Hall–Kier alpha value is -0.580. The number of nitrogens with zero attached hydrogens (tertiary/aromatic N) is 2. The van der Waals surface area contributed by atoms with E-state index >= 15 is 0 Å². The van der Waals surface area contributed by atoms with Gasteiger partial charge in [0.1, 0.15) is 5.84 Å².